The summed E-state index contributed by atoms with van der Waals surface area (Å²) in [7, 11) is 0. The smallest absolute Gasteiger partial charge is 0.115 e. The number of benzene rings is 1. The van der Waals surface area contributed by atoms with Crippen molar-refractivity contribution in [3.63, 3.8) is 0 Å². The standard InChI is InChI=1S/C13H19NO2/c15-13-3-1-11(2-4-13)5-8-14-12-6-9-16-10-7-12/h1-4,12,14-15H,5-10H2. The third kappa shape index (κ3) is 3.51. The maximum Gasteiger partial charge on any atom is 0.115 e. The second-order valence-electron chi connectivity index (χ2n) is 4.26. The number of hydrogen-bond donors (Lipinski definition) is 2. The van der Waals surface area contributed by atoms with Crippen molar-refractivity contribution in [2.24, 2.45) is 0 Å². The molecule has 1 heterocycles. The van der Waals surface area contributed by atoms with Crippen molar-refractivity contribution in [3.8, 4) is 5.75 Å². The van der Waals surface area contributed by atoms with Gasteiger partial charge in [0.1, 0.15) is 5.75 Å². The molecule has 3 nitrogen and oxygen atoms in total. The Morgan fingerprint density at radius 3 is 2.56 bits per heavy atom. The first kappa shape index (κ1) is 11.4. The van der Waals surface area contributed by atoms with Gasteiger partial charge in [0.05, 0.1) is 0 Å². The van der Waals surface area contributed by atoms with Gasteiger partial charge in [0.15, 0.2) is 0 Å². The molecule has 0 amide bonds. The Kier molecular flexibility index (Phi) is 4.19. The fraction of sp³-hybridized carbons (Fsp3) is 0.538. The van der Waals surface area contributed by atoms with E-state index in [0.29, 0.717) is 11.8 Å². The SMILES string of the molecule is Oc1ccc(CCNC2CCOCC2)cc1. The molecule has 0 aromatic heterocycles. The van der Waals surface area contributed by atoms with E-state index in [2.05, 4.69) is 5.32 Å². The van der Waals surface area contributed by atoms with E-state index in [1.165, 1.54) is 5.56 Å². The van der Waals surface area contributed by atoms with Crippen LogP contribution in [0.25, 0.3) is 0 Å². The molecule has 1 aromatic rings. The van der Waals surface area contributed by atoms with Gasteiger partial charge in [-0.2, -0.15) is 0 Å². The minimum Gasteiger partial charge on any atom is -0.508 e. The Bertz CT molecular complexity index is 304. The van der Waals surface area contributed by atoms with Gasteiger partial charge in [0, 0.05) is 19.3 Å². The highest BCUT2D eigenvalue weighted by Crippen LogP contribution is 2.10. The number of hydrogen-bond acceptors (Lipinski definition) is 3. The van der Waals surface area contributed by atoms with Crippen molar-refractivity contribution in [2.75, 3.05) is 19.8 Å². The molecular weight excluding hydrogens is 202 g/mol. The van der Waals surface area contributed by atoms with Crippen molar-refractivity contribution >= 4 is 0 Å². The summed E-state index contributed by atoms with van der Waals surface area (Å²) in [4.78, 5) is 0. The molecule has 0 atom stereocenters. The maximum atomic E-state index is 9.16. The third-order valence-electron chi connectivity index (χ3n) is 3.00. The molecule has 0 bridgehead atoms. The largest absolute Gasteiger partial charge is 0.508 e. The summed E-state index contributed by atoms with van der Waals surface area (Å²) in [5.41, 5.74) is 1.26. The second kappa shape index (κ2) is 5.87. The summed E-state index contributed by atoms with van der Waals surface area (Å²) in [5.74, 6) is 0.334. The van der Waals surface area contributed by atoms with E-state index in [9.17, 15) is 0 Å². The average Bonchev–Trinajstić information content (AvgIpc) is 2.33. The molecule has 88 valence electrons. The van der Waals surface area contributed by atoms with Crippen molar-refractivity contribution < 1.29 is 9.84 Å². The van der Waals surface area contributed by atoms with Crippen LogP contribution in [-0.4, -0.2) is 30.9 Å². The van der Waals surface area contributed by atoms with Gasteiger partial charge in [-0.1, -0.05) is 12.1 Å². The van der Waals surface area contributed by atoms with Crippen LogP contribution in [0.5, 0.6) is 5.75 Å². The van der Waals surface area contributed by atoms with Crippen LogP contribution < -0.4 is 5.32 Å². The predicted octanol–water partition coefficient (Wildman–Crippen LogP) is 1.70. The average molecular weight is 221 g/mol. The van der Waals surface area contributed by atoms with Crippen molar-refractivity contribution in [3.05, 3.63) is 29.8 Å². The molecule has 2 N–H and O–H groups in total. The van der Waals surface area contributed by atoms with E-state index in [1.807, 2.05) is 12.1 Å². The van der Waals surface area contributed by atoms with Crippen LogP contribution in [0.1, 0.15) is 18.4 Å². The molecule has 1 aliphatic rings. The molecule has 3 heteroatoms. The molecule has 0 unspecified atom stereocenters. The van der Waals surface area contributed by atoms with Gasteiger partial charge in [-0.3, -0.25) is 0 Å². The lowest BCUT2D eigenvalue weighted by atomic mass is 10.1. The Morgan fingerprint density at radius 1 is 1.19 bits per heavy atom. The van der Waals surface area contributed by atoms with Gasteiger partial charge in [-0.25, -0.2) is 0 Å². The van der Waals surface area contributed by atoms with Crippen LogP contribution in [0, 0.1) is 0 Å². The predicted molar refractivity (Wildman–Crippen MR) is 63.7 cm³/mol. The van der Waals surface area contributed by atoms with Gasteiger partial charge in [-0.05, 0) is 43.5 Å². The molecular formula is C13H19NO2. The number of phenols is 1. The summed E-state index contributed by atoms with van der Waals surface area (Å²) in [6.45, 7) is 2.77. The molecule has 0 aliphatic carbocycles. The van der Waals surface area contributed by atoms with Crippen LogP contribution in [0.4, 0.5) is 0 Å². The zero-order valence-corrected chi connectivity index (χ0v) is 9.48. The zero-order chi connectivity index (χ0) is 11.2. The first-order chi connectivity index (χ1) is 7.84. The van der Waals surface area contributed by atoms with Crippen molar-refractivity contribution in [1.82, 2.24) is 5.32 Å². The van der Waals surface area contributed by atoms with E-state index in [1.54, 1.807) is 12.1 Å². The van der Waals surface area contributed by atoms with Gasteiger partial charge < -0.3 is 15.2 Å². The first-order valence-corrected chi connectivity index (χ1v) is 5.93. The summed E-state index contributed by atoms with van der Waals surface area (Å²) in [6.07, 6.45) is 3.25. The molecule has 16 heavy (non-hydrogen) atoms. The van der Waals surface area contributed by atoms with E-state index in [0.717, 1.165) is 39.0 Å². The lowest BCUT2D eigenvalue weighted by molar-refractivity contribution is 0.0782. The minimum absolute atomic E-state index is 0.334. The summed E-state index contributed by atoms with van der Waals surface area (Å²) < 4.78 is 5.31. The fourth-order valence-corrected chi connectivity index (χ4v) is 1.98. The molecule has 0 radical (unpaired) electrons. The number of ether oxygens (including phenoxy) is 1. The Labute approximate surface area is 96.4 Å². The van der Waals surface area contributed by atoms with Crippen LogP contribution >= 0.6 is 0 Å². The van der Waals surface area contributed by atoms with Gasteiger partial charge in [0.2, 0.25) is 0 Å². The quantitative estimate of drug-likeness (QED) is 0.813. The molecule has 1 saturated heterocycles. The van der Waals surface area contributed by atoms with E-state index in [-0.39, 0.29) is 0 Å². The van der Waals surface area contributed by atoms with Crippen LogP contribution in [0.3, 0.4) is 0 Å². The number of nitrogens with one attached hydrogen (secondary N) is 1. The second-order valence-corrected chi connectivity index (χ2v) is 4.26. The van der Waals surface area contributed by atoms with Crippen LogP contribution in [0.15, 0.2) is 24.3 Å². The molecule has 1 aromatic carbocycles. The van der Waals surface area contributed by atoms with Gasteiger partial charge in [0.25, 0.3) is 0 Å². The highest BCUT2D eigenvalue weighted by atomic mass is 16.5. The summed E-state index contributed by atoms with van der Waals surface area (Å²) in [5, 5.41) is 12.7. The van der Waals surface area contributed by atoms with Gasteiger partial charge in [-0.15, -0.1) is 0 Å². The Balaban J connectivity index is 1.69. The van der Waals surface area contributed by atoms with Crippen molar-refractivity contribution in [1.29, 1.82) is 0 Å². The van der Waals surface area contributed by atoms with E-state index < -0.39 is 0 Å². The number of aromatic hydroxyl groups is 1. The Morgan fingerprint density at radius 2 is 1.88 bits per heavy atom. The molecule has 1 aliphatic heterocycles. The zero-order valence-electron chi connectivity index (χ0n) is 9.48. The first-order valence-electron chi connectivity index (χ1n) is 5.93. The molecule has 1 fully saturated rings. The topological polar surface area (TPSA) is 41.5 Å². The third-order valence-corrected chi connectivity index (χ3v) is 3.00. The maximum absolute atomic E-state index is 9.16. The highest BCUT2D eigenvalue weighted by Gasteiger charge is 2.12. The summed E-state index contributed by atoms with van der Waals surface area (Å²) in [6, 6.07) is 8.04. The normalized spacial score (nSPS) is 17.5. The lowest BCUT2D eigenvalue weighted by Gasteiger charge is -2.23. The van der Waals surface area contributed by atoms with Crippen LogP contribution in [0.2, 0.25) is 0 Å². The van der Waals surface area contributed by atoms with E-state index in [4.69, 9.17) is 9.84 Å². The van der Waals surface area contributed by atoms with Crippen LogP contribution in [-0.2, 0) is 11.2 Å². The monoisotopic (exact) mass is 221 g/mol. The molecule has 0 saturated carbocycles. The summed E-state index contributed by atoms with van der Waals surface area (Å²) >= 11 is 0. The van der Waals surface area contributed by atoms with E-state index >= 15 is 0 Å². The lowest BCUT2D eigenvalue weighted by Crippen LogP contribution is -2.35. The highest BCUT2D eigenvalue weighted by molar-refractivity contribution is 5.25. The molecule has 2 rings (SSSR count). The Hall–Kier alpha value is -1.06. The minimum atomic E-state index is 0.334. The number of phenolic OH excluding ortho intramolecular Hbond substituents is 1. The fourth-order valence-electron chi connectivity index (χ4n) is 1.98. The number of rotatable bonds is 4. The molecule has 0 spiro atoms. The van der Waals surface area contributed by atoms with Gasteiger partial charge >= 0.3 is 0 Å². The van der Waals surface area contributed by atoms with Crippen molar-refractivity contribution in [2.45, 2.75) is 25.3 Å².